The summed E-state index contributed by atoms with van der Waals surface area (Å²) in [6.45, 7) is 4.73. The van der Waals surface area contributed by atoms with Gasteiger partial charge in [-0.3, -0.25) is 0 Å². The molecule has 0 amide bonds. The van der Waals surface area contributed by atoms with Gasteiger partial charge in [0.05, 0.1) is 12.3 Å². The van der Waals surface area contributed by atoms with Crippen LogP contribution in [0.3, 0.4) is 0 Å². The average Bonchev–Trinajstić information content (AvgIpc) is 2.83. The first-order valence-electron chi connectivity index (χ1n) is 6.55. The Morgan fingerprint density at radius 3 is 2.65 bits per heavy atom. The zero-order chi connectivity index (χ0) is 14.1. The van der Waals surface area contributed by atoms with E-state index >= 15 is 0 Å². The summed E-state index contributed by atoms with van der Waals surface area (Å²) >= 11 is 3.54. The minimum atomic E-state index is 0.682. The first-order valence-corrected chi connectivity index (χ1v) is 7.35. The fraction of sp³-hybridized carbons (Fsp3) is 0.188. The third-order valence-electron chi connectivity index (χ3n) is 3.20. The molecule has 0 radical (unpaired) electrons. The lowest BCUT2D eigenvalue weighted by molar-refractivity contribution is 0.340. The highest BCUT2D eigenvalue weighted by Crippen LogP contribution is 2.24. The summed E-state index contributed by atoms with van der Waals surface area (Å²) in [4.78, 5) is 4.66. The molecule has 0 saturated heterocycles. The van der Waals surface area contributed by atoms with Crippen LogP contribution in [0.5, 0.6) is 5.75 Å². The molecular weight excluding hydrogens is 316 g/mol. The summed E-state index contributed by atoms with van der Waals surface area (Å²) in [5.41, 5.74) is 4.19. The molecule has 0 atom stereocenters. The highest BCUT2D eigenvalue weighted by molar-refractivity contribution is 9.10. The molecule has 0 unspecified atom stereocenters. The topological polar surface area (TPSA) is 26.5 Å². The number of imidazole rings is 1. The van der Waals surface area contributed by atoms with Crippen molar-refractivity contribution >= 4 is 21.6 Å². The number of pyridine rings is 1. The van der Waals surface area contributed by atoms with Crippen molar-refractivity contribution in [3.8, 4) is 17.0 Å². The maximum atomic E-state index is 5.46. The van der Waals surface area contributed by atoms with Crippen molar-refractivity contribution in [2.75, 3.05) is 6.61 Å². The molecule has 0 aliphatic carbocycles. The fourth-order valence-corrected chi connectivity index (χ4v) is 2.47. The Morgan fingerprint density at radius 1 is 1.20 bits per heavy atom. The molecule has 20 heavy (non-hydrogen) atoms. The van der Waals surface area contributed by atoms with E-state index in [1.807, 2.05) is 48.0 Å². The third-order valence-corrected chi connectivity index (χ3v) is 4.03. The monoisotopic (exact) mass is 330 g/mol. The van der Waals surface area contributed by atoms with Crippen LogP contribution in [0.2, 0.25) is 0 Å². The maximum Gasteiger partial charge on any atom is 0.137 e. The minimum Gasteiger partial charge on any atom is -0.494 e. The molecule has 0 N–H and O–H groups in total. The standard InChI is InChI=1S/C16H15BrN2O/c1-3-20-13-6-4-12(5-7-13)15-10-19-9-14(17)11(2)8-16(19)18-15/h4-10H,3H2,1-2H3. The van der Waals surface area contributed by atoms with Crippen LogP contribution in [0.1, 0.15) is 12.5 Å². The normalized spacial score (nSPS) is 10.9. The summed E-state index contributed by atoms with van der Waals surface area (Å²) < 4.78 is 8.57. The first kappa shape index (κ1) is 13.2. The van der Waals surface area contributed by atoms with Crippen LogP contribution in [0.4, 0.5) is 0 Å². The Hall–Kier alpha value is -1.81. The van der Waals surface area contributed by atoms with Gasteiger partial charge in [0.1, 0.15) is 11.4 Å². The molecule has 0 aliphatic rings. The first-order chi connectivity index (χ1) is 9.67. The summed E-state index contributed by atoms with van der Waals surface area (Å²) in [6.07, 6.45) is 4.07. The van der Waals surface area contributed by atoms with Gasteiger partial charge in [-0.25, -0.2) is 4.98 Å². The van der Waals surface area contributed by atoms with Crippen LogP contribution >= 0.6 is 15.9 Å². The van der Waals surface area contributed by atoms with Crippen LogP contribution in [-0.2, 0) is 0 Å². The van der Waals surface area contributed by atoms with E-state index in [0.717, 1.165) is 27.1 Å². The minimum absolute atomic E-state index is 0.682. The van der Waals surface area contributed by atoms with E-state index in [2.05, 4.69) is 33.9 Å². The summed E-state index contributed by atoms with van der Waals surface area (Å²) in [5.74, 6) is 0.888. The predicted octanol–water partition coefficient (Wildman–Crippen LogP) is 4.47. The lowest BCUT2D eigenvalue weighted by Gasteiger charge is -2.02. The lowest BCUT2D eigenvalue weighted by atomic mass is 10.2. The molecule has 4 heteroatoms. The Bertz CT molecular complexity index is 708. The van der Waals surface area contributed by atoms with E-state index in [4.69, 9.17) is 4.74 Å². The van der Waals surface area contributed by atoms with E-state index in [0.29, 0.717) is 6.61 Å². The van der Waals surface area contributed by atoms with Gasteiger partial charge in [0, 0.05) is 22.4 Å². The van der Waals surface area contributed by atoms with Crippen LogP contribution < -0.4 is 4.74 Å². The van der Waals surface area contributed by atoms with E-state index in [1.165, 1.54) is 5.56 Å². The van der Waals surface area contributed by atoms with Crippen LogP contribution in [0.25, 0.3) is 16.9 Å². The summed E-state index contributed by atoms with van der Waals surface area (Å²) in [6, 6.07) is 10.1. The van der Waals surface area contributed by atoms with E-state index < -0.39 is 0 Å². The van der Waals surface area contributed by atoms with Crippen molar-refractivity contribution in [1.29, 1.82) is 0 Å². The Morgan fingerprint density at radius 2 is 1.95 bits per heavy atom. The maximum absolute atomic E-state index is 5.46. The van der Waals surface area contributed by atoms with Gasteiger partial charge in [0.25, 0.3) is 0 Å². The van der Waals surface area contributed by atoms with E-state index in [9.17, 15) is 0 Å². The van der Waals surface area contributed by atoms with Gasteiger partial charge in [0.2, 0.25) is 0 Å². The number of aromatic nitrogens is 2. The zero-order valence-electron chi connectivity index (χ0n) is 11.4. The van der Waals surface area contributed by atoms with Gasteiger partial charge >= 0.3 is 0 Å². The number of aryl methyl sites for hydroxylation is 1. The van der Waals surface area contributed by atoms with Gasteiger partial charge in [-0.15, -0.1) is 0 Å². The molecule has 3 aromatic rings. The summed E-state index contributed by atoms with van der Waals surface area (Å²) in [7, 11) is 0. The highest BCUT2D eigenvalue weighted by Gasteiger charge is 2.06. The quantitative estimate of drug-likeness (QED) is 0.708. The molecule has 1 aromatic carbocycles. The lowest BCUT2D eigenvalue weighted by Crippen LogP contribution is -1.90. The second kappa shape index (κ2) is 5.29. The molecule has 2 heterocycles. The Kier molecular flexibility index (Phi) is 3.49. The van der Waals surface area contributed by atoms with Crippen molar-refractivity contribution in [1.82, 2.24) is 9.38 Å². The molecule has 102 valence electrons. The van der Waals surface area contributed by atoms with Gasteiger partial charge in [0.15, 0.2) is 0 Å². The SMILES string of the molecule is CCOc1ccc(-c2cn3cc(Br)c(C)cc3n2)cc1. The van der Waals surface area contributed by atoms with E-state index in [1.54, 1.807) is 0 Å². The number of halogens is 1. The zero-order valence-corrected chi connectivity index (χ0v) is 13.0. The molecular formula is C16H15BrN2O. The van der Waals surface area contributed by atoms with Crippen LogP contribution in [-0.4, -0.2) is 16.0 Å². The molecule has 0 spiro atoms. The van der Waals surface area contributed by atoms with Crippen molar-refractivity contribution in [3.05, 3.63) is 52.8 Å². The van der Waals surface area contributed by atoms with Crippen molar-refractivity contribution in [3.63, 3.8) is 0 Å². The largest absolute Gasteiger partial charge is 0.494 e. The van der Waals surface area contributed by atoms with Gasteiger partial charge < -0.3 is 9.14 Å². The highest BCUT2D eigenvalue weighted by atomic mass is 79.9. The van der Waals surface area contributed by atoms with E-state index in [-0.39, 0.29) is 0 Å². The number of rotatable bonds is 3. The van der Waals surface area contributed by atoms with Crippen molar-refractivity contribution < 1.29 is 4.74 Å². The number of hydrogen-bond acceptors (Lipinski definition) is 2. The van der Waals surface area contributed by atoms with Crippen LogP contribution in [0, 0.1) is 6.92 Å². The number of nitrogens with zero attached hydrogens (tertiary/aromatic N) is 2. The summed E-state index contributed by atoms with van der Waals surface area (Å²) in [5, 5.41) is 0. The Labute approximate surface area is 126 Å². The molecule has 0 bridgehead atoms. The van der Waals surface area contributed by atoms with Gasteiger partial charge in [-0.05, 0) is 65.7 Å². The molecule has 3 nitrogen and oxygen atoms in total. The molecule has 2 aromatic heterocycles. The third kappa shape index (κ3) is 2.43. The van der Waals surface area contributed by atoms with Crippen molar-refractivity contribution in [2.24, 2.45) is 0 Å². The second-order valence-electron chi connectivity index (χ2n) is 4.65. The van der Waals surface area contributed by atoms with Crippen LogP contribution in [0.15, 0.2) is 47.2 Å². The second-order valence-corrected chi connectivity index (χ2v) is 5.51. The fourth-order valence-electron chi connectivity index (χ4n) is 2.13. The van der Waals surface area contributed by atoms with Gasteiger partial charge in [-0.2, -0.15) is 0 Å². The Balaban J connectivity index is 2.01. The number of ether oxygens (including phenoxy) is 1. The van der Waals surface area contributed by atoms with Gasteiger partial charge in [-0.1, -0.05) is 0 Å². The molecule has 3 rings (SSSR count). The molecule has 0 saturated carbocycles. The number of fused-ring (bicyclic) bond motifs is 1. The molecule has 0 fully saturated rings. The smallest absolute Gasteiger partial charge is 0.137 e. The molecule has 0 aliphatic heterocycles. The number of hydrogen-bond donors (Lipinski definition) is 0. The predicted molar refractivity (Wildman–Crippen MR) is 84.2 cm³/mol. The number of benzene rings is 1. The average molecular weight is 331 g/mol. The van der Waals surface area contributed by atoms with Crippen molar-refractivity contribution in [2.45, 2.75) is 13.8 Å².